The molecular formula is C26H38N6O2. The summed E-state index contributed by atoms with van der Waals surface area (Å²) < 4.78 is 10.7. The second-order valence-corrected chi connectivity index (χ2v) is 9.46. The second kappa shape index (κ2) is 11.4. The third-order valence-corrected chi connectivity index (χ3v) is 7.27. The predicted octanol–water partition coefficient (Wildman–Crippen LogP) is 2.00. The summed E-state index contributed by atoms with van der Waals surface area (Å²) in [5.74, 6) is 1.96. The molecule has 2 aromatic rings. The number of ether oxygens (including phenoxy) is 2. The van der Waals surface area contributed by atoms with Crippen LogP contribution in [-0.2, 0) is 15.9 Å². The molecule has 34 heavy (non-hydrogen) atoms. The van der Waals surface area contributed by atoms with Crippen LogP contribution in [0.1, 0.15) is 12.0 Å². The number of aromatic nitrogens is 2. The Kier molecular flexibility index (Phi) is 7.90. The average molecular weight is 467 g/mol. The predicted molar refractivity (Wildman–Crippen MR) is 136 cm³/mol. The molecule has 0 atom stereocenters. The van der Waals surface area contributed by atoms with Crippen LogP contribution in [0, 0.1) is 0 Å². The van der Waals surface area contributed by atoms with Gasteiger partial charge in [-0.15, -0.1) is 0 Å². The molecule has 1 aromatic heterocycles. The topological polar surface area (TPSA) is 57.2 Å². The molecule has 184 valence electrons. The van der Waals surface area contributed by atoms with E-state index in [4.69, 9.17) is 19.4 Å². The number of benzene rings is 1. The zero-order valence-corrected chi connectivity index (χ0v) is 20.5. The Morgan fingerprint density at radius 1 is 0.882 bits per heavy atom. The molecule has 0 saturated carbocycles. The summed E-state index contributed by atoms with van der Waals surface area (Å²) in [6, 6.07) is 8.78. The van der Waals surface area contributed by atoms with Crippen LogP contribution in [-0.4, -0.2) is 112 Å². The number of piperazine rings is 1. The standard InChI is InChI=1S/C26H38N6O2/c1-33-18-15-30-11-13-31(14-12-30)24-5-3-22(4-6-24)25-27-21-23-7-10-32(26(23)28-25)9-2-8-29-16-19-34-20-17-29/h3-6,21H,2,7-20H2,1H3. The summed E-state index contributed by atoms with van der Waals surface area (Å²) in [7, 11) is 1.77. The molecule has 5 rings (SSSR count). The van der Waals surface area contributed by atoms with Gasteiger partial charge in [0, 0.05) is 95.6 Å². The van der Waals surface area contributed by atoms with Gasteiger partial charge in [-0.1, -0.05) is 0 Å². The fourth-order valence-electron chi connectivity index (χ4n) is 5.15. The van der Waals surface area contributed by atoms with Gasteiger partial charge in [-0.3, -0.25) is 9.80 Å². The van der Waals surface area contributed by atoms with Crippen LogP contribution in [0.3, 0.4) is 0 Å². The van der Waals surface area contributed by atoms with Crippen molar-refractivity contribution in [3.05, 3.63) is 36.0 Å². The van der Waals surface area contributed by atoms with Crippen LogP contribution in [0.15, 0.2) is 30.5 Å². The zero-order valence-electron chi connectivity index (χ0n) is 20.5. The van der Waals surface area contributed by atoms with Gasteiger partial charge < -0.3 is 19.3 Å². The molecule has 0 bridgehead atoms. The van der Waals surface area contributed by atoms with Crippen molar-refractivity contribution < 1.29 is 9.47 Å². The van der Waals surface area contributed by atoms with Crippen molar-refractivity contribution in [2.24, 2.45) is 0 Å². The van der Waals surface area contributed by atoms with Crippen LogP contribution in [0.4, 0.5) is 11.5 Å². The summed E-state index contributed by atoms with van der Waals surface area (Å²) in [4.78, 5) is 19.6. The number of rotatable bonds is 9. The summed E-state index contributed by atoms with van der Waals surface area (Å²) in [6.07, 6.45) is 4.24. The molecule has 2 saturated heterocycles. The van der Waals surface area contributed by atoms with Crippen LogP contribution in [0.2, 0.25) is 0 Å². The molecule has 8 heteroatoms. The minimum absolute atomic E-state index is 0.806. The maximum atomic E-state index is 5.46. The lowest BCUT2D eigenvalue weighted by Gasteiger charge is -2.36. The number of methoxy groups -OCH3 is 1. The lowest BCUT2D eigenvalue weighted by atomic mass is 10.1. The van der Waals surface area contributed by atoms with E-state index < -0.39 is 0 Å². The Hall–Kier alpha value is -2.26. The first-order chi connectivity index (χ1) is 16.8. The van der Waals surface area contributed by atoms with Gasteiger partial charge >= 0.3 is 0 Å². The molecule has 0 spiro atoms. The first-order valence-electron chi connectivity index (χ1n) is 12.8. The van der Waals surface area contributed by atoms with Gasteiger partial charge in [0.05, 0.1) is 19.8 Å². The van der Waals surface area contributed by atoms with Gasteiger partial charge in [-0.05, 0) is 37.1 Å². The molecule has 8 nitrogen and oxygen atoms in total. The Morgan fingerprint density at radius 3 is 2.41 bits per heavy atom. The zero-order chi connectivity index (χ0) is 23.2. The number of hydrogen-bond donors (Lipinski definition) is 0. The first-order valence-corrected chi connectivity index (χ1v) is 12.8. The maximum Gasteiger partial charge on any atom is 0.161 e. The van der Waals surface area contributed by atoms with Crippen molar-refractivity contribution in [2.45, 2.75) is 12.8 Å². The van der Waals surface area contributed by atoms with E-state index in [0.29, 0.717) is 0 Å². The molecule has 0 unspecified atom stereocenters. The molecule has 0 amide bonds. The molecule has 0 aliphatic carbocycles. The summed E-state index contributed by atoms with van der Waals surface area (Å²) in [6.45, 7) is 13.2. The average Bonchev–Trinajstić information content (AvgIpc) is 3.31. The van der Waals surface area contributed by atoms with E-state index in [1.165, 1.54) is 11.3 Å². The third kappa shape index (κ3) is 5.68. The molecule has 4 heterocycles. The number of hydrogen-bond acceptors (Lipinski definition) is 8. The quantitative estimate of drug-likeness (QED) is 0.556. The monoisotopic (exact) mass is 466 g/mol. The highest BCUT2D eigenvalue weighted by Gasteiger charge is 2.22. The van der Waals surface area contributed by atoms with Crippen LogP contribution < -0.4 is 9.80 Å². The molecule has 0 radical (unpaired) electrons. The Balaban J connectivity index is 1.17. The van der Waals surface area contributed by atoms with Gasteiger partial charge in [-0.2, -0.15) is 0 Å². The van der Waals surface area contributed by atoms with Gasteiger partial charge in [0.25, 0.3) is 0 Å². The molecule has 3 aliphatic heterocycles. The molecule has 0 N–H and O–H groups in total. The maximum absolute atomic E-state index is 5.46. The third-order valence-electron chi connectivity index (χ3n) is 7.27. The van der Waals surface area contributed by atoms with Crippen LogP contribution in [0.25, 0.3) is 11.4 Å². The SMILES string of the molecule is COCCN1CCN(c2ccc(-c3ncc4c(n3)N(CCCN3CCOCC3)CC4)cc2)CC1. The van der Waals surface area contributed by atoms with Crippen LogP contribution in [0.5, 0.6) is 0 Å². The lowest BCUT2D eigenvalue weighted by molar-refractivity contribution is 0.0376. The van der Waals surface area contributed by atoms with Crippen molar-refractivity contribution in [2.75, 3.05) is 102 Å². The van der Waals surface area contributed by atoms with Crippen molar-refractivity contribution in [3.63, 3.8) is 0 Å². The largest absolute Gasteiger partial charge is 0.383 e. The molecular weight excluding hydrogens is 428 g/mol. The van der Waals surface area contributed by atoms with E-state index in [9.17, 15) is 0 Å². The molecule has 3 aliphatic rings. The normalized spacial score (nSPS) is 19.6. The summed E-state index contributed by atoms with van der Waals surface area (Å²) >= 11 is 0. The summed E-state index contributed by atoms with van der Waals surface area (Å²) in [5.41, 5.74) is 3.64. The van der Waals surface area contributed by atoms with E-state index in [-0.39, 0.29) is 0 Å². The Labute approximate surface area is 203 Å². The van der Waals surface area contributed by atoms with E-state index >= 15 is 0 Å². The Morgan fingerprint density at radius 2 is 1.65 bits per heavy atom. The summed E-state index contributed by atoms with van der Waals surface area (Å²) in [5, 5.41) is 0. The smallest absolute Gasteiger partial charge is 0.161 e. The van der Waals surface area contributed by atoms with Gasteiger partial charge in [0.15, 0.2) is 5.82 Å². The minimum atomic E-state index is 0.806. The van der Waals surface area contributed by atoms with E-state index in [1.807, 2.05) is 6.20 Å². The van der Waals surface area contributed by atoms with Crippen LogP contribution >= 0.6 is 0 Å². The van der Waals surface area contributed by atoms with E-state index in [1.54, 1.807) is 7.11 Å². The highest BCUT2D eigenvalue weighted by Crippen LogP contribution is 2.29. The highest BCUT2D eigenvalue weighted by atomic mass is 16.5. The van der Waals surface area contributed by atoms with E-state index in [0.717, 1.165) is 115 Å². The van der Waals surface area contributed by atoms with Crippen molar-refractivity contribution in [1.82, 2.24) is 19.8 Å². The second-order valence-electron chi connectivity index (χ2n) is 9.46. The van der Waals surface area contributed by atoms with E-state index in [2.05, 4.69) is 43.9 Å². The minimum Gasteiger partial charge on any atom is -0.383 e. The van der Waals surface area contributed by atoms with Crippen molar-refractivity contribution in [3.8, 4) is 11.4 Å². The lowest BCUT2D eigenvalue weighted by Crippen LogP contribution is -2.47. The van der Waals surface area contributed by atoms with Gasteiger partial charge in [-0.25, -0.2) is 9.97 Å². The number of morpholine rings is 1. The van der Waals surface area contributed by atoms with Crippen molar-refractivity contribution >= 4 is 11.5 Å². The Bertz CT molecular complexity index is 910. The number of nitrogens with zero attached hydrogens (tertiary/aromatic N) is 6. The molecule has 1 aromatic carbocycles. The van der Waals surface area contributed by atoms with Gasteiger partial charge in [0.2, 0.25) is 0 Å². The highest BCUT2D eigenvalue weighted by molar-refractivity contribution is 5.63. The first kappa shape index (κ1) is 23.5. The fourth-order valence-corrected chi connectivity index (χ4v) is 5.15. The van der Waals surface area contributed by atoms with Gasteiger partial charge in [0.1, 0.15) is 5.82 Å². The van der Waals surface area contributed by atoms with Crippen molar-refractivity contribution in [1.29, 1.82) is 0 Å². The number of fused-ring (bicyclic) bond motifs is 1. The molecule has 2 fully saturated rings. The fraction of sp³-hybridized carbons (Fsp3) is 0.615. The number of anilines is 2.